The summed E-state index contributed by atoms with van der Waals surface area (Å²) in [5, 5.41) is 25.2. The predicted molar refractivity (Wildman–Crippen MR) is 127 cm³/mol. The van der Waals surface area contributed by atoms with Gasteiger partial charge in [0.15, 0.2) is 40.4 Å². The molecule has 1 amide bonds. The van der Waals surface area contributed by atoms with Crippen LogP contribution in [0, 0.1) is 23.7 Å². The van der Waals surface area contributed by atoms with E-state index in [1.807, 2.05) is 0 Å². The molecule has 4 aliphatic rings. The first-order chi connectivity index (χ1) is 17.4. The largest absolute Gasteiger partial charge is 0.507 e. The maximum absolute atomic E-state index is 13.8. The number of rotatable bonds is 6. The molecule has 6 atom stereocenters. The lowest BCUT2D eigenvalue weighted by molar-refractivity contribution is -0.181. The Bertz CT molecular complexity index is 1270. The maximum Gasteiger partial charge on any atom is 0.235 e. The molecule has 0 aromatic heterocycles. The molecule has 2 unspecified atom stereocenters. The molecule has 0 saturated heterocycles. The van der Waals surface area contributed by atoms with E-state index < -0.39 is 70.1 Å². The minimum Gasteiger partial charge on any atom is -0.507 e. The lowest BCUT2D eigenvalue weighted by Crippen LogP contribution is -2.74. The number of nitrogens with zero attached hydrogens (tertiary/aromatic N) is 1. The summed E-state index contributed by atoms with van der Waals surface area (Å²) in [4.78, 5) is 80.3. The number of hydrogen-bond donors (Lipinski definition) is 4. The topological polar surface area (TPSA) is 184 Å². The third-order valence-electron chi connectivity index (χ3n) is 8.37. The molecule has 0 radical (unpaired) electrons. The quantitative estimate of drug-likeness (QED) is 0.267. The Morgan fingerprint density at radius 2 is 1.81 bits per heavy atom. The Kier molecular flexibility index (Phi) is 5.93. The molecular weight excluding hydrogens is 482 g/mol. The molecule has 3 fully saturated rings. The summed E-state index contributed by atoms with van der Waals surface area (Å²) in [6.45, 7) is 0.0612. The Hall–Kier alpha value is -3.28. The zero-order valence-corrected chi connectivity index (χ0v) is 20.5. The fraction of sp³-hybridized carbons (Fsp3) is 0.538. The number of nitrogens with one attached hydrogen (secondary N) is 1. The van der Waals surface area contributed by atoms with E-state index in [4.69, 9.17) is 5.73 Å². The number of ketones is 5. The van der Waals surface area contributed by atoms with Gasteiger partial charge < -0.3 is 21.3 Å². The average Bonchev–Trinajstić information content (AvgIpc) is 3.64. The summed E-state index contributed by atoms with van der Waals surface area (Å²) in [6, 6.07) is 1.79. The van der Waals surface area contributed by atoms with Gasteiger partial charge >= 0.3 is 0 Å². The highest BCUT2D eigenvalue weighted by atomic mass is 16.3. The number of aliphatic hydroxyl groups is 1. The van der Waals surface area contributed by atoms with E-state index >= 15 is 0 Å². The Labute approximate surface area is 212 Å². The second kappa shape index (κ2) is 8.64. The van der Waals surface area contributed by atoms with Crippen molar-refractivity contribution in [1.29, 1.82) is 0 Å². The number of amides is 1. The number of phenols is 1. The van der Waals surface area contributed by atoms with Gasteiger partial charge in [0.05, 0.1) is 24.1 Å². The van der Waals surface area contributed by atoms with Gasteiger partial charge in [-0.2, -0.15) is 0 Å². The van der Waals surface area contributed by atoms with Crippen molar-refractivity contribution in [1.82, 2.24) is 10.2 Å². The standard InChI is InChI=1S/C26H29N3O8/c1-29(2)20-14-8-10-7-13-12(16(31)9-28-11-3-4-11)5-6-15(30)18(13)21(32)17(10)23(34)26(14,37)24(35)19(22(20)33)25(27)36/h5-6,10-11,14,17,19-20,28,30,37H,3-4,7-9H2,1-2H3,(H2,27,36)/t10-,14-,17?,19?,20-,26-/m0/s1. The lowest BCUT2D eigenvalue weighted by Gasteiger charge is -2.52. The molecule has 37 heavy (non-hydrogen) atoms. The third kappa shape index (κ3) is 3.67. The number of hydrogen-bond acceptors (Lipinski definition) is 10. The van der Waals surface area contributed by atoms with E-state index in [1.54, 1.807) is 0 Å². The molecule has 0 spiro atoms. The number of benzene rings is 1. The van der Waals surface area contributed by atoms with E-state index in [-0.39, 0.29) is 42.3 Å². The Morgan fingerprint density at radius 1 is 1.14 bits per heavy atom. The minimum atomic E-state index is -2.77. The summed E-state index contributed by atoms with van der Waals surface area (Å²) in [7, 11) is 3.05. The highest BCUT2D eigenvalue weighted by Gasteiger charge is 2.69. The van der Waals surface area contributed by atoms with Crippen molar-refractivity contribution in [2.45, 2.75) is 43.4 Å². The third-order valence-corrected chi connectivity index (χ3v) is 8.37. The maximum atomic E-state index is 13.8. The predicted octanol–water partition coefficient (Wildman–Crippen LogP) is -1.20. The molecule has 5 rings (SSSR count). The van der Waals surface area contributed by atoms with Crippen molar-refractivity contribution >= 4 is 34.8 Å². The number of primary amides is 1. The zero-order valence-electron chi connectivity index (χ0n) is 20.5. The first-order valence-electron chi connectivity index (χ1n) is 12.4. The smallest absolute Gasteiger partial charge is 0.235 e. The van der Waals surface area contributed by atoms with Gasteiger partial charge in [-0.3, -0.25) is 33.7 Å². The molecule has 0 heterocycles. The number of Topliss-reactive ketones (excluding diaryl/α,β-unsaturated/α-hetero) is 5. The molecule has 11 heteroatoms. The number of likely N-dealkylation sites (N-methyl/N-ethyl adjacent to an activating group) is 1. The van der Waals surface area contributed by atoms with E-state index in [1.165, 1.54) is 31.1 Å². The van der Waals surface area contributed by atoms with E-state index in [0.29, 0.717) is 5.56 Å². The van der Waals surface area contributed by atoms with Crippen molar-refractivity contribution in [3.63, 3.8) is 0 Å². The van der Waals surface area contributed by atoms with Crippen LogP contribution in [0.5, 0.6) is 5.75 Å². The van der Waals surface area contributed by atoms with Crippen LogP contribution < -0.4 is 11.1 Å². The van der Waals surface area contributed by atoms with Crippen molar-refractivity contribution < 1.29 is 39.0 Å². The van der Waals surface area contributed by atoms with Crippen molar-refractivity contribution in [3.8, 4) is 5.75 Å². The van der Waals surface area contributed by atoms with E-state index in [0.717, 1.165) is 12.8 Å². The molecule has 196 valence electrons. The summed E-state index contributed by atoms with van der Waals surface area (Å²) < 4.78 is 0. The Morgan fingerprint density at radius 3 is 2.41 bits per heavy atom. The van der Waals surface area contributed by atoms with Crippen LogP contribution in [0.15, 0.2) is 12.1 Å². The monoisotopic (exact) mass is 511 g/mol. The van der Waals surface area contributed by atoms with Crippen molar-refractivity contribution in [2.75, 3.05) is 20.6 Å². The number of aromatic hydroxyl groups is 1. The van der Waals surface area contributed by atoms with Crippen LogP contribution in [-0.2, 0) is 25.6 Å². The Balaban J connectivity index is 1.58. The molecule has 1 aromatic carbocycles. The minimum absolute atomic E-state index is 0.0603. The van der Waals surface area contributed by atoms with E-state index in [9.17, 15) is 39.0 Å². The SMILES string of the molecule is CN(C)[C@@H]1C(=O)C(C(N)=O)C(=O)[C@@]2(O)C(=O)C3C(=O)c4c(O)ccc(C(=O)CNC5CC5)c4C[C@H]3C[C@@H]12. The van der Waals surface area contributed by atoms with Gasteiger partial charge in [-0.1, -0.05) is 0 Å². The fourth-order valence-corrected chi connectivity index (χ4v) is 6.49. The average molecular weight is 512 g/mol. The van der Waals surface area contributed by atoms with Crippen molar-refractivity contribution in [3.05, 3.63) is 28.8 Å². The molecule has 0 bridgehead atoms. The number of fused-ring (bicyclic) bond motifs is 3. The van der Waals surface area contributed by atoms with Gasteiger partial charge in [0, 0.05) is 17.5 Å². The molecule has 3 saturated carbocycles. The fourth-order valence-electron chi connectivity index (χ4n) is 6.49. The number of phenolic OH excluding ortho intramolecular Hbond substituents is 1. The van der Waals surface area contributed by atoms with Crippen LogP contribution in [0.2, 0.25) is 0 Å². The second-order valence-corrected chi connectivity index (χ2v) is 10.9. The highest BCUT2D eigenvalue weighted by molar-refractivity contribution is 6.32. The van der Waals surface area contributed by atoms with E-state index in [2.05, 4.69) is 5.32 Å². The molecular formula is C26H29N3O8. The summed E-state index contributed by atoms with van der Waals surface area (Å²) >= 11 is 0. The first kappa shape index (κ1) is 25.4. The van der Waals surface area contributed by atoms with Gasteiger partial charge in [-0.25, -0.2) is 0 Å². The molecule has 4 aliphatic carbocycles. The van der Waals surface area contributed by atoms with Gasteiger partial charge in [-0.05, 0) is 63.4 Å². The molecule has 1 aromatic rings. The highest BCUT2D eigenvalue weighted by Crippen LogP contribution is 2.51. The van der Waals surface area contributed by atoms with Crippen LogP contribution in [0.3, 0.4) is 0 Å². The second-order valence-electron chi connectivity index (χ2n) is 10.9. The van der Waals surface area contributed by atoms with Crippen LogP contribution in [0.4, 0.5) is 0 Å². The van der Waals surface area contributed by atoms with Gasteiger partial charge in [-0.15, -0.1) is 0 Å². The molecule has 0 aliphatic heterocycles. The van der Waals surface area contributed by atoms with Crippen LogP contribution in [0.25, 0.3) is 0 Å². The van der Waals surface area contributed by atoms with Crippen LogP contribution in [-0.4, -0.2) is 88.3 Å². The van der Waals surface area contributed by atoms with Gasteiger partial charge in [0.1, 0.15) is 5.75 Å². The van der Waals surface area contributed by atoms with Crippen LogP contribution in [0.1, 0.15) is 45.5 Å². The summed E-state index contributed by atoms with van der Waals surface area (Å²) in [5.41, 5.74) is 2.94. The lowest BCUT2D eigenvalue weighted by atomic mass is 9.52. The first-order valence-corrected chi connectivity index (χ1v) is 12.4. The zero-order chi connectivity index (χ0) is 27.0. The van der Waals surface area contributed by atoms with Gasteiger partial charge in [0.25, 0.3) is 0 Å². The van der Waals surface area contributed by atoms with Crippen molar-refractivity contribution in [2.24, 2.45) is 29.4 Å². The number of nitrogens with two attached hydrogens (primary N) is 1. The van der Waals surface area contributed by atoms with Crippen LogP contribution >= 0.6 is 0 Å². The molecule has 5 N–H and O–H groups in total. The van der Waals surface area contributed by atoms with Gasteiger partial charge in [0.2, 0.25) is 5.91 Å². The normalized spacial score (nSPS) is 33.1. The molecule has 11 nitrogen and oxygen atoms in total. The summed E-state index contributed by atoms with van der Waals surface area (Å²) in [5.74, 6) is -11.4. The summed E-state index contributed by atoms with van der Waals surface area (Å²) in [6.07, 6.45) is 1.96. The number of carbonyl (C=O) groups is 6. The number of carbonyl (C=O) groups excluding carboxylic acids is 6.